The number of halogens is 1. The van der Waals surface area contributed by atoms with E-state index in [2.05, 4.69) is 42.6 Å². The zero-order valence-corrected chi connectivity index (χ0v) is 12.2. The van der Waals surface area contributed by atoms with Gasteiger partial charge in [-0.05, 0) is 50.8 Å². The van der Waals surface area contributed by atoms with Gasteiger partial charge in [-0.25, -0.2) is 4.98 Å². The van der Waals surface area contributed by atoms with Gasteiger partial charge < -0.3 is 10.6 Å². The molecule has 0 saturated carbocycles. The Morgan fingerprint density at radius 1 is 1.53 bits per heavy atom. The Morgan fingerprint density at radius 3 is 2.94 bits per heavy atom. The Hall–Kier alpha value is -1.07. The van der Waals surface area contributed by atoms with Gasteiger partial charge in [-0.1, -0.05) is 0 Å². The summed E-state index contributed by atoms with van der Waals surface area (Å²) in [6.45, 7) is 2.83. The molecule has 0 aliphatic carbocycles. The number of aromatic nitrogens is 1. The fourth-order valence-electron chi connectivity index (χ4n) is 1.58. The highest BCUT2D eigenvalue weighted by Crippen LogP contribution is 2.30. The molecule has 2 rings (SSSR count). The van der Waals surface area contributed by atoms with Crippen molar-refractivity contribution < 1.29 is 0 Å². The van der Waals surface area contributed by atoms with E-state index in [1.165, 1.54) is 5.56 Å². The third-order valence-electron chi connectivity index (χ3n) is 2.65. The second-order valence-electron chi connectivity index (χ2n) is 3.96. The van der Waals surface area contributed by atoms with Gasteiger partial charge in [-0.15, -0.1) is 0 Å². The van der Waals surface area contributed by atoms with Crippen LogP contribution < -0.4 is 10.6 Å². The standard InChI is InChI=1S/C12H14BrN3S/c1-8-10(14)5-15-12(11(8)13)16(2)6-9-3-4-17-7-9/h3-5,7H,6,14H2,1-2H3. The van der Waals surface area contributed by atoms with Crippen molar-refractivity contribution in [2.75, 3.05) is 17.7 Å². The Balaban J connectivity index is 2.25. The molecule has 0 bridgehead atoms. The first-order valence-electron chi connectivity index (χ1n) is 5.22. The van der Waals surface area contributed by atoms with Gasteiger partial charge in [0.15, 0.2) is 0 Å². The van der Waals surface area contributed by atoms with Gasteiger partial charge in [0, 0.05) is 13.6 Å². The summed E-state index contributed by atoms with van der Waals surface area (Å²) < 4.78 is 0.968. The molecule has 90 valence electrons. The van der Waals surface area contributed by atoms with Crippen molar-refractivity contribution in [2.24, 2.45) is 0 Å². The van der Waals surface area contributed by atoms with Crippen molar-refractivity contribution in [3.05, 3.63) is 38.6 Å². The average Bonchev–Trinajstić information content (AvgIpc) is 2.78. The largest absolute Gasteiger partial charge is 0.397 e. The minimum absolute atomic E-state index is 0.713. The first-order valence-corrected chi connectivity index (χ1v) is 6.96. The molecule has 0 saturated heterocycles. The molecule has 0 atom stereocenters. The van der Waals surface area contributed by atoms with Gasteiger partial charge in [0.1, 0.15) is 5.82 Å². The van der Waals surface area contributed by atoms with Crippen LogP contribution in [0.1, 0.15) is 11.1 Å². The predicted octanol–water partition coefficient (Wildman–Crippen LogP) is 3.43. The lowest BCUT2D eigenvalue weighted by Gasteiger charge is -2.20. The van der Waals surface area contributed by atoms with Crippen LogP contribution in [0, 0.1) is 6.92 Å². The molecule has 0 unspecified atom stereocenters. The third kappa shape index (κ3) is 2.61. The lowest BCUT2D eigenvalue weighted by atomic mass is 10.2. The van der Waals surface area contributed by atoms with Crippen LogP contribution in [0.5, 0.6) is 0 Å². The van der Waals surface area contributed by atoms with E-state index in [1.54, 1.807) is 17.5 Å². The van der Waals surface area contributed by atoms with Gasteiger partial charge in [-0.3, -0.25) is 0 Å². The molecule has 5 heteroatoms. The van der Waals surface area contributed by atoms with Crippen LogP contribution in [0.4, 0.5) is 11.5 Å². The van der Waals surface area contributed by atoms with E-state index < -0.39 is 0 Å². The van der Waals surface area contributed by atoms with Gasteiger partial charge in [0.05, 0.1) is 16.4 Å². The van der Waals surface area contributed by atoms with Crippen molar-refractivity contribution in [1.29, 1.82) is 0 Å². The zero-order chi connectivity index (χ0) is 12.4. The van der Waals surface area contributed by atoms with Crippen LogP contribution in [0.25, 0.3) is 0 Å². The lowest BCUT2D eigenvalue weighted by Crippen LogP contribution is -2.18. The number of nitrogens with zero attached hydrogens (tertiary/aromatic N) is 2. The summed E-state index contributed by atoms with van der Waals surface area (Å²) in [5.41, 5.74) is 8.86. The molecule has 0 aromatic carbocycles. The zero-order valence-electron chi connectivity index (χ0n) is 9.77. The second-order valence-corrected chi connectivity index (χ2v) is 5.54. The topological polar surface area (TPSA) is 42.1 Å². The Kier molecular flexibility index (Phi) is 3.69. The first-order chi connectivity index (χ1) is 8.09. The van der Waals surface area contributed by atoms with E-state index >= 15 is 0 Å². The molecule has 17 heavy (non-hydrogen) atoms. The number of rotatable bonds is 3. The molecule has 0 radical (unpaired) electrons. The summed E-state index contributed by atoms with van der Waals surface area (Å²) in [6.07, 6.45) is 1.71. The van der Waals surface area contributed by atoms with Gasteiger partial charge >= 0.3 is 0 Å². The molecule has 3 nitrogen and oxygen atoms in total. The van der Waals surface area contributed by atoms with Gasteiger partial charge in [-0.2, -0.15) is 11.3 Å². The molecular weight excluding hydrogens is 298 g/mol. The highest BCUT2D eigenvalue weighted by atomic mass is 79.9. The Labute approximate surface area is 113 Å². The number of hydrogen-bond acceptors (Lipinski definition) is 4. The van der Waals surface area contributed by atoms with E-state index in [4.69, 9.17) is 5.73 Å². The minimum atomic E-state index is 0.713. The molecule has 0 aliphatic rings. The fourth-order valence-corrected chi connectivity index (χ4v) is 2.87. The van der Waals surface area contributed by atoms with Crippen molar-refractivity contribution in [2.45, 2.75) is 13.5 Å². The molecule has 2 aromatic heterocycles. The van der Waals surface area contributed by atoms with E-state index in [1.807, 2.05) is 14.0 Å². The van der Waals surface area contributed by atoms with E-state index in [0.717, 1.165) is 22.4 Å². The summed E-state index contributed by atoms with van der Waals surface area (Å²) in [6, 6.07) is 2.12. The Bertz CT molecular complexity index is 511. The smallest absolute Gasteiger partial charge is 0.143 e. The van der Waals surface area contributed by atoms with Crippen LogP contribution in [0.3, 0.4) is 0 Å². The fraction of sp³-hybridized carbons (Fsp3) is 0.250. The highest BCUT2D eigenvalue weighted by molar-refractivity contribution is 9.10. The molecule has 0 aliphatic heterocycles. The third-order valence-corrected chi connectivity index (χ3v) is 4.33. The summed E-state index contributed by atoms with van der Waals surface area (Å²) in [5, 5.41) is 4.23. The van der Waals surface area contributed by atoms with Crippen LogP contribution in [0.2, 0.25) is 0 Å². The number of pyridine rings is 1. The average molecular weight is 312 g/mol. The monoisotopic (exact) mass is 311 g/mol. The van der Waals surface area contributed by atoms with Crippen LogP contribution in [0.15, 0.2) is 27.5 Å². The number of nitrogen functional groups attached to an aromatic ring is 1. The van der Waals surface area contributed by atoms with Crippen molar-refractivity contribution >= 4 is 38.8 Å². The maximum Gasteiger partial charge on any atom is 0.143 e. The van der Waals surface area contributed by atoms with E-state index in [0.29, 0.717) is 5.69 Å². The van der Waals surface area contributed by atoms with Gasteiger partial charge in [0.2, 0.25) is 0 Å². The van der Waals surface area contributed by atoms with E-state index in [-0.39, 0.29) is 0 Å². The van der Waals surface area contributed by atoms with Gasteiger partial charge in [0.25, 0.3) is 0 Å². The van der Waals surface area contributed by atoms with Crippen molar-refractivity contribution in [3.8, 4) is 0 Å². The van der Waals surface area contributed by atoms with E-state index in [9.17, 15) is 0 Å². The maximum absolute atomic E-state index is 5.82. The minimum Gasteiger partial charge on any atom is -0.397 e. The molecule has 0 amide bonds. The Morgan fingerprint density at radius 2 is 2.29 bits per heavy atom. The number of anilines is 2. The van der Waals surface area contributed by atoms with Crippen molar-refractivity contribution in [1.82, 2.24) is 4.98 Å². The SMILES string of the molecule is Cc1c(N)cnc(N(C)Cc2ccsc2)c1Br. The maximum atomic E-state index is 5.82. The van der Waals surface area contributed by atoms with Crippen LogP contribution in [-0.4, -0.2) is 12.0 Å². The summed E-state index contributed by atoms with van der Waals surface area (Å²) in [5.74, 6) is 0.919. The molecule has 2 heterocycles. The van der Waals surface area contributed by atoms with Crippen LogP contribution >= 0.6 is 27.3 Å². The van der Waals surface area contributed by atoms with Crippen LogP contribution in [-0.2, 0) is 6.54 Å². The quantitative estimate of drug-likeness (QED) is 0.944. The summed E-state index contributed by atoms with van der Waals surface area (Å²) >= 11 is 5.26. The number of hydrogen-bond donors (Lipinski definition) is 1. The normalized spacial score (nSPS) is 10.5. The molecule has 0 fully saturated rings. The molecule has 0 spiro atoms. The molecule has 2 N–H and O–H groups in total. The number of nitrogens with two attached hydrogens (primary N) is 1. The second kappa shape index (κ2) is 5.06. The lowest BCUT2D eigenvalue weighted by molar-refractivity contribution is 0.896. The van der Waals surface area contributed by atoms with Crippen molar-refractivity contribution in [3.63, 3.8) is 0 Å². The summed E-state index contributed by atoms with van der Waals surface area (Å²) in [7, 11) is 2.03. The molecule has 2 aromatic rings. The molecular formula is C12H14BrN3S. The predicted molar refractivity (Wildman–Crippen MR) is 77.5 cm³/mol. The number of thiophene rings is 1. The highest BCUT2D eigenvalue weighted by Gasteiger charge is 2.11. The first kappa shape index (κ1) is 12.4. The summed E-state index contributed by atoms with van der Waals surface area (Å²) in [4.78, 5) is 6.49.